The molecular formula is C13H10BrN5OS. The highest BCUT2D eigenvalue weighted by atomic mass is 79.9. The molecule has 0 spiro atoms. The lowest BCUT2D eigenvalue weighted by Crippen LogP contribution is -1.99. The number of nitrogens with zero attached hydrogens (tertiary/aromatic N) is 5. The van der Waals surface area contributed by atoms with Crippen LogP contribution < -0.4 is 0 Å². The van der Waals surface area contributed by atoms with Crippen molar-refractivity contribution < 1.29 is 5.11 Å². The van der Waals surface area contributed by atoms with E-state index in [0.29, 0.717) is 5.16 Å². The van der Waals surface area contributed by atoms with Crippen molar-refractivity contribution in [2.24, 2.45) is 0 Å². The molecule has 8 heteroatoms. The maximum absolute atomic E-state index is 9.34. The van der Waals surface area contributed by atoms with Gasteiger partial charge < -0.3 is 5.11 Å². The minimum absolute atomic E-state index is 0.200. The number of phenols is 1. The Labute approximate surface area is 133 Å². The van der Waals surface area contributed by atoms with E-state index in [2.05, 4.69) is 36.4 Å². The quantitative estimate of drug-likeness (QED) is 0.770. The fraction of sp³-hybridized carbons (Fsp3) is 0.0769. The Morgan fingerprint density at radius 1 is 1.24 bits per heavy atom. The third-order valence-electron chi connectivity index (χ3n) is 2.72. The molecule has 6 nitrogen and oxygen atoms in total. The molecule has 0 aliphatic rings. The molecule has 0 atom stereocenters. The van der Waals surface area contributed by atoms with Crippen molar-refractivity contribution in [2.75, 3.05) is 0 Å². The summed E-state index contributed by atoms with van der Waals surface area (Å²) in [4.78, 5) is 4.37. The summed E-state index contributed by atoms with van der Waals surface area (Å²) in [6.07, 6.45) is 1.74. The van der Waals surface area contributed by atoms with Gasteiger partial charge in [0.1, 0.15) is 10.8 Å². The van der Waals surface area contributed by atoms with Crippen LogP contribution in [0.5, 0.6) is 5.75 Å². The van der Waals surface area contributed by atoms with E-state index < -0.39 is 0 Å². The van der Waals surface area contributed by atoms with E-state index in [9.17, 15) is 5.11 Å². The molecule has 0 aliphatic heterocycles. The zero-order valence-electron chi connectivity index (χ0n) is 10.9. The van der Waals surface area contributed by atoms with E-state index in [1.54, 1.807) is 35.1 Å². The van der Waals surface area contributed by atoms with Crippen LogP contribution in [0, 0.1) is 6.92 Å². The van der Waals surface area contributed by atoms with E-state index in [1.807, 2.05) is 13.0 Å². The van der Waals surface area contributed by atoms with Gasteiger partial charge in [0.2, 0.25) is 5.16 Å². The van der Waals surface area contributed by atoms with Crippen LogP contribution in [-0.2, 0) is 0 Å². The number of hydrogen-bond donors (Lipinski definition) is 1. The van der Waals surface area contributed by atoms with Gasteiger partial charge in [0, 0.05) is 10.7 Å². The van der Waals surface area contributed by atoms with E-state index in [1.165, 1.54) is 11.8 Å². The zero-order chi connectivity index (χ0) is 14.8. The van der Waals surface area contributed by atoms with Crippen LogP contribution in [0.1, 0.15) is 5.56 Å². The van der Waals surface area contributed by atoms with E-state index >= 15 is 0 Å². The van der Waals surface area contributed by atoms with Crippen LogP contribution in [0.2, 0.25) is 0 Å². The van der Waals surface area contributed by atoms with Gasteiger partial charge in [-0.2, -0.15) is 4.68 Å². The van der Waals surface area contributed by atoms with Crippen LogP contribution >= 0.6 is 27.7 Å². The van der Waals surface area contributed by atoms with Gasteiger partial charge in [-0.15, -0.1) is 5.10 Å². The molecule has 2 heterocycles. The average Bonchev–Trinajstić information content (AvgIpc) is 2.91. The second-order valence-electron chi connectivity index (χ2n) is 4.27. The van der Waals surface area contributed by atoms with Gasteiger partial charge in [-0.25, -0.2) is 4.98 Å². The molecule has 0 unspecified atom stereocenters. The molecule has 0 saturated heterocycles. The fourth-order valence-corrected chi connectivity index (χ4v) is 2.97. The topological polar surface area (TPSA) is 76.7 Å². The fourth-order valence-electron chi connectivity index (χ4n) is 1.72. The zero-order valence-corrected chi connectivity index (χ0v) is 13.3. The number of pyridine rings is 1. The lowest BCUT2D eigenvalue weighted by atomic mass is 10.3. The second kappa shape index (κ2) is 5.82. The van der Waals surface area contributed by atoms with Gasteiger partial charge in [0.15, 0.2) is 0 Å². The molecule has 0 radical (unpaired) electrons. The van der Waals surface area contributed by atoms with Crippen LogP contribution in [0.25, 0.3) is 5.69 Å². The lowest BCUT2D eigenvalue weighted by Gasteiger charge is -2.06. The number of hydrogen-bond acceptors (Lipinski definition) is 6. The molecule has 3 aromatic rings. The largest absolute Gasteiger partial charge is 0.508 e. The highest BCUT2D eigenvalue weighted by Crippen LogP contribution is 2.29. The van der Waals surface area contributed by atoms with Crippen molar-refractivity contribution in [1.82, 2.24) is 25.2 Å². The molecular weight excluding hydrogens is 354 g/mol. The van der Waals surface area contributed by atoms with Gasteiger partial charge in [0.05, 0.1) is 5.69 Å². The molecule has 0 fully saturated rings. The van der Waals surface area contributed by atoms with Crippen molar-refractivity contribution in [3.05, 3.63) is 46.6 Å². The Balaban J connectivity index is 1.94. The Kier molecular flexibility index (Phi) is 3.89. The second-order valence-corrected chi connectivity index (χ2v) is 6.14. The Morgan fingerprint density at radius 2 is 2.00 bits per heavy atom. The summed E-state index contributed by atoms with van der Waals surface area (Å²) in [6, 6.07) is 8.67. The third-order valence-corrected chi connectivity index (χ3v) is 4.21. The standard InChI is InChI=1S/C13H10BrN5OS/c1-8-6-9(14)7-15-12(8)21-13-16-17-18-19(13)10-2-4-11(20)5-3-10/h2-7,20H,1H3. The molecule has 1 N–H and O–H groups in total. The number of phenolic OH excluding ortho intramolecular Hbond substituents is 1. The van der Waals surface area contributed by atoms with Crippen molar-refractivity contribution in [3.8, 4) is 11.4 Å². The molecule has 106 valence electrons. The predicted molar refractivity (Wildman–Crippen MR) is 81.6 cm³/mol. The highest BCUT2D eigenvalue weighted by molar-refractivity contribution is 9.10. The van der Waals surface area contributed by atoms with E-state index in [4.69, 9.17) is 0 Å². The Bertz CT molecular complexity index is 774. The third kappa shape index (κ3) is 3.06. The van der Waals surface area contributed by atoms with Crippen molar-refractivity contribution in [3.63, 3.8) is 0 Å². The van der Waals surface area contributed by atoms with Gasteiger partial charge in [-0.1, -0.05) is 0 Å². The number of benzene rings is 1. The van der Waals surface area contributed by atoms with E-state index in [-0.39, 0.29) is 5.75 Å². The summed E-state index contributed by atoms with van der Waals surface area (Å²) < 4.78 is 2.54. The Morgan fingerprint density at radius 3 is 2.71 bits per heavy atom. The SMILES string of the molecule is Cc1cc(Br)cnc1Sc1nnnn1-c1ccc(O)cc1. The molecule has 0 amide bonds. The molecule has 2 aromatic heterocycles. The summed E-state index contributed by atoms with van der Waals surface area (Å²) in [5.74, 6) is 0.200. The summed E-state index contributed by atoms with van der Waals surface area (Å²) in [5, 5.41) is 22.5. The summed E-state index contributed by atoms with van der Waals surface area (Å²) in [5.41, 5.74) is 1.81. The van der Waals surface area contributed by atoms with Crippen molar-refractivity contribution in [1.29, 1.82) is 0 Å². The number of halogens is 1. The maximum Gasteiger partial charge on any atom is 0.220 e. The van der Waals surface area contributed by atoms with Gasteiger partial charge >= 0.3 is 0 Å². The minimum Gasteiger partial charge on any atom is -0.508 e. The smallest absolute Gasteiger partial charge is 0.220 e. The molecule has 0 saturated carbocycles. The minimum atomic E-state index is 0.200. The highest BCUT2D eigenvalue weighted by Gasteiger charge is 2.12. The lowest BCUT2D eigenvalue weighted by molar-refractivity contribution is 0.475. The van der Waals surface area contributed by atoms with Crippen LogP contribution in [0.4, 0.5) is 0 Å². The molecule has 1 aromatic carbocycles. The van der Waals surface area contributed by atoms with Crippen molar-refractivity contribution in [2.45, 2.75) is 17.1 Å². The number of aryl methyl sites for hydroxylation is 1. The molecule has 0 aliphatic carbocycles. The number of rotatable bonds is 3. The predicted octanol–water partition coefficient (Wildman–Crippen LogP) is 2.99. The first-order valence-electron chi connectivity index (χ1n) is 6.01. The monoisotopic (exact) mass is 363 g/mol. The number of tetrazole rings is 1. The van der Waals surface area contributed by atoms with E-state index in [0.717, 1.165) is 20.7 Å². The first kappa shape index (κ1) is 14.0. The number of aromatic nitrogens is 5. The normalized spacial score (nSPS) is 10.8. The molecule has 3 rings (SSSR count). The molecule has 0 bridgehead atoms. The maximum atomic E-state index is 9.34. The van der Waals surface area contributed by atoms with Crippen molar-refractivity contribution >= 4 is 27.7 Å². The van der Waals surface area contributed by atoms with Gasteiger partial charge in [-0.3, -0.25) is 0 Å². The summed E-state index contributed by atoms with van der Waals surface area (Å²) in [6.45, 7) is 1.98. The van der Waals surface area contributed by atoms with Gasteiger partial charge in [0.25, 0.3) is 0 Å². The number of aromatic hydroxyl groups is 1. The van der Waals surface area contributed by atoms with Gasteiger partial charge in [-0.05, 0) is 80.9 Å². The first-order valence-corrected chi connectivity index (χ1v) is 7.62. The summed E-state index contributed by atoms with van der Waals surface area (Å²) >= 11 is 4.78. The van der Waals surface area contributed by atoms with Crippen LogP contribution in [0.3, 0.4) is 0 Å². The molecule has 21 heavy (non-hydrogen) atoms. The van der Waals surface area contributed by atoms with Crippen LogP contribution in [0.15, 0.2) is 51.2 Å². The summed E-state index contributed by atoms with van der Waals surface area (Å²) in [7, 11) is 0. The van der Waals surface area contributed by atoms with Crippen LogP contribution in [-0.4, -0.2) is 30.3 Å². The average molecular weight is 364 g/mol. The first-order chi connectivity index (χ1) is 10.1. The Hall–Kier alpha value is -1.93.